The molecule has 0 bridgehead atoms. The molecule has 0 aliphatic carbocycles. The summed E-state index contributed by atoms with van der Waals surface area (Å²) in [6.45, 7) is 1.53. The zero-order valence-electron chi connectivity index (χ0n) is 7.45. The number of nitrogens with zero attached hydrogens (tertiary/aromatic N) is 4. The lowest BCUT2D eigenvalue weighted by atomic mass is 10.4. The lowest BCUT2D eigenvalue weighted by molar-refractivity contribution is -0.144. The second-order valence-corrected chi connectivity index (χ2v) is 2.90. The number of halogens is 3. The first kappa shape index (κ1) is 9.69. The second kappa shape index (κ2) is 2.81. The third kappa shape index (κ3) is 1.58. The van der Waals surface area contributed by atoms with Crippen LogP contribution in [0.4, 0.5) is 13.2 Å². The largest absolute Gasteiger partial charge is 0.493 e. The molecule has 2 heterocycles. The molecule has 8 heteroatoms. The number of fused-ring (bicyclic) bond motifs is 1. The third-order valence-electron chi connectivity index (χ3n) is 1.67. The average molecular weight is 218 g/mol. The quantitative estimate of drug-likeness (QED) is 0.720. The number of aromatic nitrogens is 4. The molecule has 5 nitrogen and oxygen atoms in total. The molecule has 1 N–H and O–H groups in total. The first-order chi connectivity index (χ1) is 6.88. The monoisotopic (exact) mass is 218 g/mol. The van der Waals surface area contributed by atoms with Crippen molar-refractivity contribution in [1.82, 2.24) is 19.6 Å². The standard InChI is InChI=1S/C7H5F3N4O/c1-3-2-4(15)14-6(11-3)12-5(13-14)7(8,9)10/h2,15H,1H3. The molecule has 0 saturated carbocycles. The zero-order valence-corrected chi connectivity index (χ0v) is 7.45. The van der Waals surface area contributed by atoms with Crippen LogP contribution in [-0.2, 0) is 6.18 Å². The maximum absolute atomic E-state index is 12.2. The molecule has 15 heavy (non-hydrogen) atoms. The molecule has 0 amide bonds. The van der Waals surface area contributed by atoms with Gasteiger partial charge in [0.05, 0.1) is 0 Å². The molecular formula is C7H5F3N4O. The van der Waals surface area contributed by atoms with Crippen LogP contribution >= 0.6 is 0 Å². The molecule has 0 saturated heterocycles. The second-order valence-electron chi connectivity index (χ2n) is 2.90. The Morgan fingerprint density at radius 1 is 1.33 bits per heavy atom. The minimum absolute atomic E-state index is 0.278. The summed E-state index contributed by atoms with van der Waals surface area (Å²) in [6.07, 6.45) is -4.64. The molecule has 80 valence electrons. The van der Waals surface area contributed by atoms with Gasteiger partial charge in [-0.25, -0.2) is 4.98 Å². The Morgan fingerprint density at radius 2 is 2.00 bits per heavy atom. The fourth-order valence-corrected chi connectivity index (χ4v) is 1.09. The van der Waals surface area contributed by atoms with Crippen LogP contribution in [-0.4, -0.2) is 24.7 Å². The van der Waals surface area contributed by atoms with E-state index in [2.05, 4.69) is 15.1 Å². The van der Waals surface area contributed by atoms with Crippen molar-refractivity contribution in [3.8, 4) is 5.88 Å². The van der Waals surface area contributed by atoms with Gasteiger partial charge in [-0.3, -0.25) is 0 Å². The summed E-state index contributed by atoms with van der Waals surface area (Å²) in [6, 6.07) is 1.20. The van der Waals surface area contributed by atoms with Crippen molar-refractivity contribution in [2.24, 2.45) is 0 Å². The van der Waals surface area contributed by atoms with Crippen LogP contribution in [0, 0.1) is 6.92 Å². The minimum Gasteiger partial charge on any atom is -0.493 e. The van der Waals surface area contributed by atoms with Gasteiger partial charge in [0.15, 0.2) is 0 Å². The molecule has 2 aromatic rings. The van der Waals surface area contributed by atoms with Gasteiger partial charge in [-0.15, -0.1) is 5.10 Å². The molecule has 2 rings (SSSR count). The highest BCUT2D eigenvalue weighted by molar-refractivity contribution is 5.33. The van der Waals surface area contributed by atoms with Gasteiger partial charge >= 0.3 is 6.18 Å². The van der Waals surface area contributed by atoms with E-state index in [1.807, 2.05) is 0 Å². The van der Waals surface area contributed by atoms with Crippen LogP contribution in [0.2, 0.25) is 0 Å². The van der Waals surface area contributed by atoms with E-state index >= 15 is 0 Å². The molecule has 0 aliphatic heterocycles. The zero-order chi connectivity index (χ0) is 11.2. The Labute approximate surface area is 81.2 Å². The number of alkyl halides is 3. The van der Waals surface area contributed by atoms with E-state index in [1.165, 1.54) is 13.0 Å². The number of rotatable bonds is 0. The predicted octanol–water partition coefficient (Wildman–Crippen LogP) is 1.16. The van der Waals surface area contributed by atoms with Gasteiger partial charge < -0.3 is 5.11 Å². The van der Waals surface area contributed by atoms with Crippen LogP contribution in [0.5, 0.6) is 5.88 Å². The molecule has 2 aromatic heterocycles. The Kier molecular flexibility index (Phi) is 1.82. The van der Waals surface area contributed by atoms with Gasteiger partial charge in [-0.05, 0) is 6.92 Å². The van der Waals surface area contributed by atoms with Crippen LogP contribution in [0.15, 0.2) is 6.07 Å². The number of hydrogen-bond acceptors (Lipinski definition) is 4. The highest BCUT2D eigenvalue weighted by Crippen LogP contribution is 2.27. The summed E-state index contributed by atoms with van der Waals surface area (Å²) in [7, 11) is 0. The summed E-state index contributed by atoms with van der Waals surface area (Å²) in [5, 5.41) is 12.4. The minimum atomic E-state index is -4.64. The van der Waals surface area contributed by atoms with E-state index in [-0.39, 0.29) is 5.78 Å². The van der Waals surface area contributed by atoms with E-state index < -0.39 is 17.9 Å². The predicted molar refractivity (Wildman–Crippen MR) is 42.2 cm³/mol. The van der Waals surface area contributed by atoms with Crippen molar-refractivity contribution >= 4 is 5.78 Å². The number of aryl methyl sites for hydroxylation is 1. The van der Waals surface area contributed by atoms with Crippen molar-refractivity contribution < 1.29 is 18.3 Å². The van der Waals surface area contributed by atoms with E-state index in [1.54, 1.807) is 0 Å². The lowest BCUT2D eigenvalue weighted by Crippen LogP contribution is -2.07. The Balaban J connectivity index is 2.71. The highest BCUT2D eigenvalue weighted by Gasteiger charge is 2.36. The topological polar surface area (TPSA) is 63.3 Å². The van der Waals surface area contributed by atoms with Gasteiger partial charge in [0, 0.05) is 11.8 Å². The Bertz CT molecular complexity index is 519. The molecule has 0 atom stereocenters. The number of hydrogen-bond donors (Lipinski definition) is 1. The summed E-state index contributed by atoms with van der Waals surface area (Å²) in [5.74, 6) is -2.03. The normalized spacial score (nSPS) is 12.3. The fourth-order valence-electron chi connectivity index (χ4n) is 1.09. The van der Waals surface area contributed by atoms with Crippen molar-refractivity contribution in [3.05, 3.63) is 17.6 Å². The van der Waals surface area contributed by atoms with Crippen LogP contribution in [0.3, 0.4) is 0 Å². The Morgan fingerprint density at radius 3 is 2.60 bits per heavy atom. The highest BCUT2D eigenvalue weighted by atomic mass is 19.4. The van der Waals surface area contributed by atoms with Gasteiger partial charge in [0.1, 0.15) is 0 Å². The smallest absolute Gasteiger partial charge is 0.453 e. The van der Waals surface area contributed by atoms with Crippen molar-refractivity contribution in [2.45, 2.75) is 13.1 Å². The van der Waals surface area contributed by atoms with Gasteiger partial charge in [-0.2, -0.15) is 22.7 Å². The van der Waals surface area contributed by atoms with Crippen molar-refractivity contribution in [2.75, 3.05) is 0 Å². The summed E-state index contributed by atoms with van der Waals surface area (Å²) in [5.41, 5.74) is 0.362. The maximum atomic E-state index is 12.2. The first-order valence-electron chi connectivity index (χ1n) is 3.88. The Hall–Kier alpha value is -1.86. The molecular weight excluding hydrogens is 213 g/mol. The van der Waals surface area contributed by atoms with Gasteiger partial charge in [0.25, 0.3) is 11.6 Å². The first-order valence-corrected chi connectivity index (χ1v) is 3.88. The molecule has 0 fully saturated rings. The summed E-state index contributed by atoms with van der Waals surface area (Å²) < 4.78 is 37.3. The van der Waals surface area contributed by atoms with Crippen molar-refractivity contribution in [1.29, 1.82) is 0 Å². The van der Waals surface area contributed by atoms with E-state index in [0.29, 0.717) is 10.2 Å². The summed E-state index contributed by atoms with van der Waals surface area (Å²) >= 11 is 0. The molecule has 0 radical (unpaired) electrons. The van der Waals surface area contributed by atoms with E-state index in [0.717, 1.165) is 0 Å². The van der Waals surface area contributed by atoms with E-state index in [4.69, 9.17) is 0 Å². The van der Waals surface area contributed by atoms with Crippen LogP contribution in [0.1, 0.15) is 11.5 Å². The fraction of sp³-hybridized carbons (Fsp3) is 0.286. The lowest BCUT2D eigenvalue weighted by Gasteiger charge is -1.97. The van der Waals surface area contributed by atoms with Gasteiger partial charge in [-0.1, -0.05) is 0 Å². The molecule has 0 aromatic carbocycles. The molecule has 0 spiro atoms. The average Bonchev–Trinajstić information content (AvgIpc) is 2.46. The molecule has 0 unspecified atom stereocenters. The SMILES string of the molecule is Cc1cc(O)n2nc(C(F)(F)F)nc2n1. The third-order valence-corrected chi connectivity index (χ3v) is 1.67. The van der Waals surface area contributed by atoms with Crippen molar-refractivity contribution in [3.63, 3.8) is 0 Å². The number of aromatic hydroxyl groups is 1. The summed E-state index contributed by atoms with van der Waals surface area (Å²) in [4.78, 5) is 6.86. The van der Waals surface area contributed by atoms with Crippen LogP contribution in [0.25, 0.3) is 5.78 Å². The van der Waals surface area contributed by atoms with Gasteiger partial charge in [0.2, 0.25) is 5.88 Å². The van der Waals surface area contributed by atoms with Crippen LogP contribution < -0.4 is 0 Å². The van der Waals surface area contributed by atoms with E-state index in [9.17, 15) is 18.3 Å². The maximum Gasteiger partial charge on any atom is 0.453 e. The molecule has 0 aliphatic rings.